The van der Waals surface area contributed by atoms with Crippen molar-refractivity contribution in [2.75, 3.05) is 18.1 Å². The van der Waals surface area contributed by atoms with E-state index in [2.05, 4.69) is 16.5 Å². The minimum Gasteiger partial charge on any atom is -0.505 e. The zero-order chi connectivity index (χ0) is 29.4. The van der Waals surface area contributed by atoms with Gasteiger partial charge in [-0.15, -0.1) is 0 Å². The summed E-state index contributed by atoms with van der Waals surface area (Å²) in [5.41, 5.74) is 2.99. The molecule has 0 bridgehead atoms. The number of rotatable bonds is 8. The summed E-state index contributed by atoms with van der Waals surface area (Å²) < 4.78 is 12.7. The molecule has 1 N–H and O–H groups in total. The minimum absolute atomic E-state index is 0.122. The number of fused-ring (bicyclic) bond motifs is 1. The lowest BCUT2D eigenvalue weighted by Gasteiger charge is -2.23. The molecule has 3 aromatic heterocycles. The van der Waals surface area contributed by atoms with E-state index in [1.165, 1.54) is 4.90 Å². The lowest BCUT2D eigenvalue weighted by atomic mass is 9.96. The molecule has 0 aliphatic carbocycles. The molecule has 4 aromatic rings. The fourth-order valence-electron chi connectivity index (χ4n) is 4.82. The molecule has 1 unspecified atom stereocenters. The highest BCUT2D eigenvalue weighted by Crippen LogP contribution is 2.44. The summed E-state index contributed by atoms with van der Waals surface area (Å²) in [6.07, 6.45) is 3.41. The van der Waals surface area contributed by atoms with Gasteiger partial charge in [-0.3, -0.25) is 14.5 Å². The molecule has 0 radical (unpaired) electrons. The van der Waals surface area contributed by atoms with E-state index < -0.39 is 29.5 Å². The molecular weight excluding hydrogens is 544 g/mol. The first-order valence-electron chi connectivity index (χ1n) is 12.9. The van der Waals surface area contributed by atoms with E-state index in [9.17, 15) is 19.5 Å². The van der Waals surface area contributed by atoms with Gasteiger partial charge in [0.15, 0.2) is 10.9 Å². The number of aliphatic hydroxyl groups excluding tert-OH is 1. The van der Waals surface area contributed by atoms with E-state index in [0.29, 0.717) is 28.3 Å². The van der Waals surface area contributed by atoms with Crippen LogP contribution in [0, 0.1) is 20.8 Å². The van der Waals surface area contributed by atoms with Gasteiger partial charge in [-0.25, -0.2) is 14.8 Å². The average Bonchev–Trinajstić information content (AvgIpc) is 3.59. The van der Waals surface area contributed by atoms with Crippen molar-refractivity contribution < 1.29 is 29.0 Å². The molecule has 10 nitrogen and oxygen atoms in total. The molecule has 1 amide bonds. The van der Waals surface area contributed by atoms with Gasteiger partial charge >= 0.3 is 11.9 Å². The quantitative estimate of drug-likeness (QED) is 0.102. The number of aromatic nitrogens is 3. The number of amides is 1. The van der Waals surface area contributed by atoms with Crippen LogP contribution in [0.4, 0.5) is 5.13 Å². The van der Waals surface area contributed by atoms with Crippen LogP contribution in [0.3, 0.4) is 0 Å². The summed E-state index contributed by atoms with van der Waals surface area (Å²) in [6.45, 7) is 11.1. The van der Waals surface area contributed by atoms with Gasteiger partial charge in [0.25, 0.3) is 5.78 Å². The number of hydrogen-bond acceptors (Lipinski definition) is 9. The number of aryl methyl sites for hydroxylation is 3. The number of carbonyl (C=O) groups is 3. The summed E-state index contributed by atoms with van der Waals surface area (Å²) in [4.78, 5) is 50.3. The summed E-state index contributed by atoms with van der Waals surface area (Å²) in [6, 6.07) is 9.56. The van der Waals surface area contributed by atoms with Crippen LogP contribution in [-0.4, -0.2) is 50.3 Å². The summed E-state index contributed by atoms with van der Waals surface area (Å²) in [5, 5.41) is 11.8. The Morgan fingerprint density at radius 2 is 1.95 bits per heavy atom. The third-order valence-corrected chi connectivity index (χ3v) is 7.88. The van der Waals surface area contributed by atoms with Gasteiger partial charge in [-0.05, 0) is 57.0 Å². The molecule has 11 heteroatoms. The van der Waals surface area contributed by atoms with Crippen molar-refractivity contribution in [3.8, 4) is 5.75 Å². The number of nitrogens with zero attached hydrogens (tertiary/aromatic N) is 4. The highest BCUT2D eigenvalue weighted by Gasteiger charge is 2.49. The summed E-state index contributed by atoms with van der Waals surface area (Å²) in [7, 11) is 0. The Hall–Kier alpha value is -4.77. The van der Waals surface area contributed by atoms with Crippen LogP contribution in [0.2, 0.25) is 0 Å². The Labute approximate surface area is 240 Å². The number of esters is 1. The number of Topliss-reactive ketones (excluding diaryl/α,β-unsaturated/α-hetero) is 1. The first kappa shape index (κ1) is 27.8. The van der Waals surface area contributed by atoms with Crippen molar-refractivity contribution in [3.63, 3.8) is 0 Å². The van der Waals surface area contributed by atoms with Crippen molar-refractivity contribution >= 4 is 45.5 Å². The molecule has 210 valence electrons. The number of ether oxygens (including phenoxy) is 2. The highest BCUT2D eigenvalue weighted by molar-refractivity contribution is 7.17. The maximum atomic E-state index is 13.7. The van der Waals surface area contributed by atoms with Gasteiger partial charge in [0.05, 0.1) is 29.6 Å². The lowest BCUT2D eigenvalue weighted by Crippen LogP contribution is -2.29. The number of imidazole rings is 1. The van der Waals surface area contributed by atoms with Crippen LogP contribution in [0.15, 0.2) is 60.8 Å². The van der Waals surface area contributed by atoms with E-state index >= 15 is 0 Å². The fraction of sp³-hybridized carbons (Fsp3) is 0.233. The highest BCUT2D eigenvalue weighted by atomic mass is 32.1. The van der Waals surface area contributed by atoms with Crippen molar-refractivity contribution in [3.05, 3.63) is 93.9 Å². The topological polar surface area (TPSA) is 123 Å². The SMILES string of the molecule is C=CCOc1cccc(C2/C(=C(\O)c3nc4c(C)cccn4c3C)C(=O)C(=O)N2c2nc(C)c(C(=O)OCC)s2)c1. The Bertz CT molecular complexity index is 1750. The standard InChI is InChI=1S/C30H28N4O6S/c1-6-14-40-20-12-8-11-19(15-20)23-21(24(35)22-18(5)33-13-9-10-16(3)27(33)32-22)25(36)28(37)34(23)30-31-17(4)26(41-30)29(38)39-7-2/h6,8-13,15,23,35H,1,7,14H2,2-5H3/b24-21+. The molecule has 0 saturated carbocycles. The molecule has 41 heavy (non-hydrogen) atoms. The Balaban J connectivity index is 1.73. The van der Waals surface area contributed by atoms with Gasteiger partial charge in [-0.2, -0.15) is 0 Å². The van der Waals surface area contributed by atoms with Crippen molar-refractivity contribution in [1.82, 2.24) is 14.4 Å². The Kier molecular flexibility index (Phi) is 7.46. The van der Waals surface area contributed by atoms with Gasteiger partial charge < -0.3 is 19.0 Å². The van der Waals surface area contributed by atoms with Crippen LogP contribution in [-0.2, 0) is 14.3 Å². The second-order valence-corrected chi connectivity index (χ2v) is 10.4. The molecule has 4 heterocycles. The first-order chi connectivity index (χ1) is 19.7. The maximum absolute atomic E-state index is 13.7. The number of anilines is 1. The summed E-state index contributed by atoms with van der Waals surface area (Å²) >= 11 is 0.944. The van der Waals surface area contributed by atoms with Crippen LogP contribution < -0.4 is 9.64 Å². The Morgan fingerprint density at radius 1 is 1.17 bits per heavy atom. The molecule has 1 aromatic carbocycles. The zero-order valence-corrected chi connectivity index (χ0v) is 23.8. The number of aliphatic hydroxyl groups is 1. The number of ketones is 1. The largest absolute Gasteiger partial charge is 0.505 e. The van der Waals surface area contributed by atoms with E-state index in [-0.39, 0.29) is 34.5 Å². The van der Waals surface area contributed by atoms with E-state index in [1.807, 2.05) is 29.7 Å². The normalized spacial score (nSPS) is 16.4. The molecule has 5 rings (SSSR count). The summed E-state index contributed by atoms with van der Waals surface area (Å²) in [5.74, 6) is -2.29. The van der Waals surface area contributed by atoms with Gasteiger partial charge in [-0.1, -0.05) is 42.2 Å². The predicted molar refractivity (Wildman–Crippen MR) is 154 cm³/mol. The van der Waals surface area contributed by atoms with Crippen LogP contribution in [0.5, 0.6) is 5.75 Å². The zero-order valence-electron chi connectivity index (χ0n) is 23.0. The average molecular weight is 573 g/mol. The molecule has 1 aliphatic heterocycles. The molecule has 1 saturated heterocycles. The van der Waals surface area contributed by atoms with E-state index in [1.54, 1.807) is 51.1 Å². The Morgan fingerprint density at radius 3 is 2.66 bits per heavy atom. The van der Waals surface area contributed by atoms with E-state index in [4.69, 9.17) is 9.47 Å². The molecule has 0 spiro atoms. The molecule has 1 aliphatic rings. The van der Waals surface area contributed by atoms with Crippen molar-refractivity contribution in [2.45, 2.75) is 33.7 Å². The molecule has 1 atom stereocenters. The third-order valence-electron chi connectivity index (χ3n) is 6.75. The number of thiazole rings is 1. The number of hydrogen-bond donors (Lipinski definition) is 1. The number of benzene rings is 1. The third kappa shape index (κ3) is 4.78. The van der Waals surface area contributed by atoms with Crippen LogP contribution >= 0.6 is 11.3 Å². The van der Waals surface area contributed by atoms with Gasteiger partial charge in [0, 0.05) is 6.20 Å². The van der Waals surface area contributed by atoms with Gasteiger partial charge in [0.2, 0.25) is 0 Å². The van der Waals surface area contributed by atoms with E-state index in [0.717, 1.165) is 16.9 Å². The number of pyridine rings is 1. The van der Waals surface area contributed by atoms with Crippen molar-refractivity contribution in [2.24, 2.45) is 0 Å². The van der Waals surface area contributed by atoms with Crippen LogP contribution in [0.25, 0.3) is 11.4 Å². The second-order valence-electron chi connectivity index (χ2n) is 9.40. The van der Waals surface area contributed by atoms with Crippen molar-refractivity contribution in [1.29, 1.82) is 0 Å². The minimum atomic E-state index is -1.08. The van der Waals surface area contributed by atoms with Gasteiger partial charge in [0.1, 0.15) is 28.6 Å². The smallest absolute Gasteiger partial charge is 0.350 e. The second kappa shape index (κ2) is 11.0. The molecule has 1 fully saturated rings. The monoisotopic (exact) mass is 572 g/mol. The fourth-order valence-corrected chi connectivity index (χ4v) is 5.81. The molecular formula is C30H28N4O6S. The maximum Gasteiger partial charge on any atom is 0.350 e. The lowest BCUT2D eigenvalue weighted by molar-refractivity contribution is -0.132. The number of carbonyl (C=O) groups excluding carboxylic acids is 3. The van der Waals surface area contributed by atoms with Crippen LogP contribution in [0.1, 0.15) is 50.8 Å². The first-order valence-corrected chi connectivity index (χ1v) is 13.7. The predicted octanol–water partition coefficient (Wildman–Crippen LogP) is 5.08.